The summed E-state index contributed by atoms with van der Waals surface area (Å²) < 4.78 is 5.00. The Morgan fingerprint density at radius 3 is 2.34 bits per heavy atom. The summed E-state index contributed by atoms with van der Waals surface area (Å²) in [5.41, 5.74) is 1.67. The van der Waals surface area contributed by atoms with Crippen molar-refractivity contribution in [2.75, 3.05) is 45.2 Å². The van der Waals surface area contributed by atoms with Gasteiger partial charge in [-0.25, -0.2) is 4.79 Å². The molecule has 4 bridgehead atoms. The Balaban J connectivity index is 1.05. The number of hydrogen-bond acceptors (Lipinski definition) is 6. The van der Waals surface area contributed by atoms with Gasteiger partial charge in [0, 0.05) is 37.1 Å². The molecule has 0 spiro atoms. The predicted molar refractivity (Wildman–Crippen MR) is 125 cm³/mol. The number of amides is 1. The minimum absolute atomic E-state index is 0.0156. The number of anilines is 1. The van der Waals surface area contributed by atoms with E-state index in [1.54, 1.807) is 11.3 Å². The van der Waals surface area contributed by atoms with Crippen molar-refractivity contribution in [1.82, 2.24) is 9.80 Å². The quantitative estimate of drug-likeness (QED) is 0.687. The molecule has 0 aromatic carbocycles. The Bertz CT molecular complexity index is 876. The first kappa shape index (κ1) is 21.1. The monoisotopic (exact) mass is 457 g/mol. The van der Waals surface area contributed by atoms with E-state index in [4.69, 9.17) is 4.74 Å². The maximum atomic E-state index is 12.8. The molecule has 7 rings (SSSR count). The normalized spacial score (nSPS) is 34.0. The fourth-order valence-corrected chi connectivity index (χ4v) is 9.19. The highest BCUT2D eigenvalue weighted by atomic mass is 32.1. The van der Waals surface area contributed by atoms with E-state index < -0.39 is 0 Å². The lowest BCUT2D eigenvalue weighted by atomic mass is 9.54. The molecule has 1 aliphatic heterocycles. The molecular formula is C25H35N3O3S. The fourth-order valence-electron chi connectivity index (χ4n) is 7.89. The van der Waals surface area contributed by atoms with Gasteiger partial charge in [-0.15, -0.1) is 11.3 Å². The van der Waals surface area contributed by atoms with E-state index in [2.05, 4.69) is 15.1 Å². The Kier molecular flexibility index (Phi) is 5.55. The number of aryl methyl sites for hydroxylation is 1. The number of hydrogen-bond donors (Lipinski definition) is 1. The highest BCUT2D eigenvalue weighted by Crippen LogP contribution is 2.55. The van der Waals surface area contributed by atoms with Crippen molar-refractivity contribution < 1.29 is 14.3 Å². The van der Waals surface area contributed by atoms with E-state index in [1.807, 2.05) is 0 Å². The van der Waals surface area contributed by atoms with Crippen molar-refractivity contribution in [2.45, 2.75) is 57.4 Å². The Morgan fingerprint density at radius 1 is 1.00 bits per heavy atom. The first-order chi connectivity index (χ1) is 15.6. The summed E-state index contributed by atoms with van der Waals surface area (Å²) in [6.07, 6.45) is 10.3. The Hall–Kier alpha value is -1.44. The lowest BCUT2D eigenvalue weighted by molar-refractivity contribution is -0.118. The Morgan fingerprint density at radius 2 is 1.69 bits per heavy atom. The first-order valence-corrected chi connectivity index (χ1v) is 13.4. The van der Waals surface area contributed by atoms with Crippen LogP contribution in [0.15, 0.2) is 0 Å². The van der Waals surface area contributed by atoms with Crippen LogP contribution in [0, 0.1) is 23.7 Å². The molecule has 1 aromatic heterocycles. The number of nitrogens with one attached hydrogen (secondary N) is 1. The van der Waals surface area contributed by atoms with Crippen molar-refractivity contribution in [3.63, 3.8) is 0 Å². The molecular weight excluding hydrogens is 422 g/mol. The Labute approximate surface area is 194 Å². The fraction of sp³-hybridized carbons (Fsp3) is 0.760. The van der Waals surface area contributed by atoms with Crippen LogP contribution < -0.4 is 5.32 Å². The molecule has 1 aromatic rings. The lowest BCUT2D eigenvalue weighted by Crippen LogP contribution is -2.60. The van der Waals surface area contributed by atoms with Gasteiger partial charge in [-0.1, -0.05) is 0 Å². The average Bonchev–Trinajstić information content (AvgIpc) is 3.34. The predicted octanol–water partition coefficient (Wildman–Crippen LogP) is 3.40. The third-order valence-corrected chi connectivity index (χ3v) is 10.1. The summed E-state index contributed by atoms with van der Waals surface area (Å²) in [5.74, 6) is 3.55. The van der Waals surface area contributed by atoms with Gasteiger partial charge in [0.2, 0.25) is 5.91 Å². The van der Waals surface area contributed by atoms with Gasteiger partial charge in [0.15, 0.2) is 0 Å². The van der Waals surface area contributed by atoms with Gasteiger partial charge in [0.1, 0.15) is 5.00 Å². The summed E-state index contributed by atoms with van der Waals surface area (Å²) in [6, 6.07) is 0.801. The largest absolute Gasteiger partial charge is 0.465 e. The smallest absolute Gasteiger partial charge is 0.341 e. The molecule has 1 amide bonds. The zero-order chi connectivity index (χ0) is 21.8. The van der Waals surface area contributed by atoms with Crippen LogP contribution in [-0.2, 0) is 22.4 Å². The SMILES string of the molecule is COC(=O)c1c(NC(=O)CN2CCN(C3C4CC5CC(C4)CC3C5)CC2)sc2c1CCC2. The summed E-state index contributed by atoms with van der Waals surface area (Å²) in [4.78, 5) is 31.4. The number of fused-ring (bicyclic) bond motifs is 1. The second-order valence-electron chi connectivity index (χ2n) is 10.8. The molecule has 4 saturated carbocycles. The molecule has 2 heterocycles. The van der Waals surface area contributed by atoms with Crippen LogP contribution in [0.1, 0.15) is 59.3 Å². The molecule has 0 atom stereocenters. The molecule has 174 valence electrons. The van der Waals surface area contributed by atoms with E-state index in [0.29, 0.717) is 17.1 Å². The van der Waals surface area contributed by atoms with Crippen LogP contribution in [0.5, 0.6) is 0 Å². The zero-order valence-electron chi connectivity index (χ0n) is 19.1. The van der Waals surface area contributed by atoms with Crippen LogP contribution >= 0.6 is 11.3 Å². The van der Waals surface area contributed by atoms with E-state index >= 15 is 0 Å². The van der Waals surface area contributed by atoms with Crippen LogP contribution in [0.4, 0.5) is 5.00 Å². The molecule has 5 fully saturated rings. The minimum Gasteiger partial charge on any atom is -0.465 e. The van der Waals surface area contributed by atoms with E-state index in [9.17, 15) is 9.59 Å². The second kappa shape index (κ2) is 8.41. The topological polar surface area (TPSA) is 61.9 Å². The van der Waals surface area contributed by atoms with Crippen molar-refractivity contribution in [1.29, 1.82) is 0 Å². The third kappa shape index (κ3) is 3.70. The number of ether oxygens (including phenoxy) is 1. The lowest BCUT2D eigenvalue weighted by Gasteiger charge is -2.58. The molecule has 6 nitrogen and oxygen atoms in total. The van der Waals surface area contributed by atoms with E-state index in [-0.39, 0.29) is 11.9 Å². The maximum absolute atomic E-state index is 12.8. The number of carbonyl (C=O) groups is 2. The third-order valence-electron chi connectivity index (χ3n) is 8.94. The number of rotatable bonds is 5. The van der Waals surface area contributed by atoms with Gasteiger partial charge >= 0.3 is 5.97 Å². The molecule has 1 saturated heterocycles. The first-order valence-electron chi connectivity index (χ1n) is 12.6. The van der Waals surface area contributed by atoms with Gasteiger partial charge in [0.05, 0.1) is 19.2 Å². The maximum Gasteiger partial charge on any atom is 0.341 e. The van der Waals surface area contributed by atoms with Gasteiger partial charge in [0.25, 0.3) is 0 Å². The molecule has 1 N–H and O–H groups in total. The number of esters is 1. The van der Waals surface area contributed by atoms with Gasteiger partial charge < -0.3 is 10.1 Å². The highest BCUT2D eigenvalue weighted by molar-refractivity contribution is 7.17. The van der Waals surface area contributed by atoms with Crippen molar-refractivity contribution in [3.05, 3.63) is 16.0 Å². The van der Waals surface area contributed by atoms with Crippen molar-refractivity contribution in [3.8, 4) is 0 Å². The van der Waals surface area contributed by atoms with Gasteiger partial charge in [-0.3, -0.25) is 14.6 Å². The van der Waals surface area contributed by atoms with Crippen LogP contribution in [0.25, 0.3) is 0 Å². The average molecular weight is 458 g/mol. The van der Waals surface area contributed by atoms with Crippen molar-refractivity contribution >= 4 is 28.2 Å². The standard InChI is InChI=1S/C25H35N3O3S/c1-31-25(30)22-19-3-2-4-20(19)32-24(22)26-21(29)14-27-5-7-28(8-6-27)23-17-10-15-9-16(12-17)13-18(23)11-15/h15-18,23H,2-14H2,1H3,(H,26,29). The van der Waals surface area contributed by atoms with Gasteiger partial charge in [-0.05, 0) is 80.6 Å². The molecule has 5 aliphatic carbocycles. The van der Waals surface area contributed by atoms with E-state index in [0.717, 1.165) is 80.7 Å². The summed E-state index contributed by atoms with van der Waals surface area (Å²) in [7, 11) is 1.41. The summed E-state index contributed by atoms with van der Waals surface area (Å²) in [6.45, 7) is 4.49. The summed E-state index contributed by atoms with van der Waals surface area (Å²) >= 11 is 1.56. The van der Waals surface area contributed by atoms with Crippen LogP contribution in [0.2, 0.25) is 0 Å². The molecule has 6 aliphatic rings. The minimum atomic E-state index is -0.330. The number of thiophene rings is 1. The molecule has 7 heteroatoms. The zero-order valence-corrected chi connectivity index (χ0v) is 19.9. The number of carbonyl (C=O) groups excluding carboxylic acids is 2. The van der Waals surface area contributed by atoms with Crippen LogP contribution in [-0.4, -0.2) is 67.6 Å². The molecule has 0 radical (unpaired) electrons. The summed E-state index contributed by atoms with van der Waals surface area (Å²) in [5, 5.41) is 3.72. The van der Waals surface area contributed by atoms with Crippen molar-refractivity contribution in [2.24, 2.45) is 23.7 Å². The molecule has 0 unspecified atom stereocenters. The number of methoxy groups -OCH3 is 1. The molecule has 32 heavy (non-hydrogen) atoms. The van der Waals surface area contributed by atoms with E-state index in [1.165, 1.54) is 44.1 Å². The van der Waals surface area contributed by atoms with Gasteiger partial charge in [-0.2, -0.15) is 0 Å². The highest BCUT2D eigenvalue weighted by Gasteiger charge is 2.50. The number of piperazine rings is 1. The van der Waals surface area contributed by atoms with Crippen LogP contribution in [0.3, 0.4) is 0 Å². The second-order valence-corrected chi connectivity index (χ2v) is 11.9. The number of nitrogens with zero attached hydrogens (tertiary/aromatic N) is 2.